The zero-order chi connectivity index (χ0) is 24.2. The molecule has 0 bridgehead atoms. The number of carbonyl (C=O) groups excluding carboxylic acids is 1. The molecule has 1 heterocycles. The van der Waals surface area contributed by atoms with Crippen LogP contribution >= 0.6 is 0 Å². The number of ketones is 1. The Hall–Kier alpha value is -3.67. The fraction of sp³-hybridized carbons (Fsp3) is 0.208. The highest BCUT2D eigenvalue weighted by atomic mass is 19.4. The molecule has 0 aliphatic rings. The predicted molar refractivity (Wildman–Crippen MR) is 107 cm³/mol. The summed E-state index contributed by atoms with van der Waals surface area (Å²) in [7, 11) is 0. The SMILES string of the molecule is N#Cc1ccc(CC(=O)C[C@@H](c2ccc(C(F)(F)F)cc2)c2ncccc2C(F)(F)F)cc1. The van der Waals surface area contributed by atoms with Crippen molar-refractivity contribution < 1.29 is 31.1 Å². The van der Waals surface area contributed by atoms with Crippen molar-refractivity contribution in [2.24, 2.45) is 0 Å². The van der Waals surface area contributed by atoms with Gasteiger partial charge in [-0.2, -0.15) is 31.6 Å². The number of nitriles is 1. The fourth-order valence-electron chi connectivity index (χ4n) is 3.44. The van der Waals surface area contributed by atoms with Crippen molar-refractivity contribution in [2.75, 3.05) is 0 Å². The van der Waals surface area contributed by atoms with Crippen LogP contribution < -0.4 is 0 Å². The molecule has 9 heteroatoms. The van der Waals surface area contributed by atoms with E-state index in [1.807, 2.05) is 6.07 Å². The molecule has 33 heavy (non-hydrogen) atoms. The first-order valence-corrected chi connectivity index (χ1v) is 9.69. The normalized spacial score (nSPS) is 12.8. The van der Waals surface area contributed by atoms with Crippen LogP contribution in [0, 0.1) is 11.3 Å². The Kier molecular flexibility index (Phi) is 6.86. The molecule has 0 N–H and O–H groups in total. The number of benzene rings is 2. The highest BCUT2D eigenvalue weighted by molar-refractivity contribution is 5.82. The summed E-state index contributed by atoms with van der Waals surface area (Å²) in [6.07, 6.45) is -8.74. The van der Waals surface area contributed by atoms with E-state index in [-0.39, 0.29) is 12.0 Å². The van der Waals surface area contributed by atoms with Crippen LogP contribution in [0.2, 0.25) is 0 Å². The van der Waals surface area contributed by atoms with Crippen LogP contribution in [-0.2, 0) is 23.6 Å². The Balaban J connectivity index is 1.97. The van der Waals surface area contributed by atoms with E-state index >= 15 is 0 Å². The van der Waals surface area contributed by atoms with Gasteiger partial charge in [0, 0.05) is 25.0 Å². The monoisotopic (exact) mass is 462 g/mol. The molecule has 0 amide bonds. The summed E-state index contributed by atoms with van der Waals surface area (Å²) in [6, 6.07) is 13.7. The van der Waals surface area contributed by atoms with Crippen LogP contribution in [0.3, 0.4) is 0 Å². The van der Waals surface area contributed by atoms with Crippen LogP contribution in [-0.4, -0.2) is 10.8 Å². The van der Waals surface area contributed by atoms with E-state index in [2.05, 4.69) is 4.98 Å². The number of Topliss-reactive ketones (excluding diaryl/α,β-unsaturated/α-hetero) is 1. The summed E-state index contributed by atoms with van der Waals surface area (Å²) in [5.74, 6) is -1.63. The van der Waals surface area contributed by atoms with Gasteiger partial charge < -0.3 is 0 Å². The number of pyridine rings is 1. The number of halogens is 6. The summed E-state index contributed by atoms with van der Waals surface area (Å²) in [5, 5.41) is 8.86. The number of hydrogen-bond donors (Lipinski definition) is 0. The molecule has 3 rings (SSSR count). The van der Waals surface area contributed by atoms with Gasteiger partial charge in [0.15, 0.2) is 0 Å². The van der Waals surface area contributed by atoms with Gasteiger partial charge in [0.2, 0.25) is 0 Å². The van der Waals surface area contributed by atoms with Crippen LogP contribution in [0.15, 0.2) is 66.9 Å². The van der Waals surface area contributed by atoms with Crippen molar-refractivity contribution in [3.8, 4) is 6.07 Å². The number of nitrogens with zero attached hydrogens (tertiary/aromatic N) is 2. The molecule has 1 atom stereocenters. The molecule has 0 fully saturated rings. The van der Waals surface area contributed by atoms with Gasteiger partial charge in [-0.1, -0.05) is 24.3 Å². The lowest BCUT2D eigenvalue weighted by molar-refractivity contribution is -0.139. The number of rotatable bonds is 6. The van der Waals surface area contributed by atoms with E-state index < -0.39 is 47.3 Å². The third-order valence-corrected chi connectivity index (χ3v) is 5.03. The summed E-state index contributed by atoms with van der Waals surface area (Å²) in [6.45, 7) is 0. The second-order valence-electron chi connectivity index (χ2n) is 7.33. The number of aromatic nitrogens is 1. The molecule has 0 saturated heterocycles. The Morgan fingerprint density at radius 3 is 2.09 bits per heavy atom. The van der Waals surface area contributed by atoms with Gasteiger partial charge in [-0.05, 0) is 47.5 Å². The van der Waals surface area contributed by atoms with Crippen molar-refractivity contribution in [2.45, 2.75) is 31.1 Å². The lowest BCUT2D eigenvalue weighted by Gasteiger charge is -2.21. The van der Waals surface area contributed by atoms with E-state index in [0.29, 0.717) is 11.1 Å². The maximum absolute atomic E-state index is 13.6. The minimum atomic E-state index is -4.76. The lowest BCUT2D eigenvalue weighted by Crippen LogP contribution is -2.18. The summed E-state index contributed by atoms with van der Waals surface area (Å²) in [5.41, 5.74) is -1.38. The molecule has 0 radical (unpaired) electrons. The molecule has 170 valence electrons. The standard InChI is InChI=1S/C24H16F6N2O/c25-23(26,27)18-9-7-17(8-10-18)20(22-21(24(28,29)30)2-1-11-32-22)13-19(33)12-15-3-5-16(14-31)6-4-15/h1-11,20H,12-13H2/t20-/m0/s1. The van der Waals surface area contributed by atoms with Crippen molar-refractivity contribution in [1.82, 2.24) is 4.98 Å². The van der Waals surface area contributed by atoms with Crippen LogP contribution in [0.1, 0.15) is 45.8 Å². The van der Waals surface area contributed by atoms with Crippen LogP contribution in [0.4, 0.5) is 26.3 Å². The van der Waals surface area contributed by atoms with Gasteiger partial charge in [-0.25, -0.2) is 0 Å². The fourth-order valence-corrected chi connectivity index (χ4v) is 3.44. The van der Waals surface area contributed by atoms with E-state index in [1.165, 1.54) is 12.1 Å². The second-order valence-corrected chi connectivity index (χ2v) is 7.33. The molecule has 0 unspecified atom stereocenters. The molecule has 0 aliphatic carbocycles. The Morgan fingerprint density at radius 2 is 1.55 bits per heavy atom. The average Bonchev–Trinajstić information content (AvgIpc) is 2.77. The van der Waals surface area contributed by atoms with E-state index in [9.17, 15) is 31.1 Å². The molecule has 0 saturated carbocycles. The highest BCUT2D eigenvalue weighted by Gasteiger charge is 2.37. The Bertz CT molecular complexity index is 1160. The number of hydrogen-bond acceptors (Lipinski definition) is 3. The van der Waals surface area contributed by atoms with Crippen molar-refractivity contribution >= 4 is 5.78 Å². The van der Waals surface area contributed by atoms with Crippen molar-refractivity contribution in [3.05, 3.63) is 100 Å². The van der Waals surface area contributed by atoms with E-state index in [0.717, 1.165) is 42.6 Å². The summed E-state index contributed by atoms with van der Waals surface area (Å²) < 4.78 is 79.6. The minimum absolute atomic E-state index is 0.111. The quantitative estimate of drug-likeness (QED) is 0.403. The van der Waals surface area contributed by atoms with Crippen molar-refractivity contribution in [1.29, 1.82) is 5.26 Å². The molecule has 0 aliphatic heterocycles. The third kappa shape index (κ3) is 5.98. The Morgan fingerprint density at radius 1 is 0.909 bits per heavy atom. The minimum Gasteiger partial charge on any atom is -0.299 e. The van der Waals surface area contributed by atoms with Gasteiger partial charge in [0.25, 0.3) is 0 Å². The van der Waals surface area contributed by atoms with E-state index in [4.69, 9.17) is 5.26 Å². The second kappa shape index (κ2) is 9.45. The van der Waals surface area contributed by atoms with Crippen LogP contribution in [0.25, 0.3) is 0 Å². The maximum atomic E-state index is 13.6. The first kappa shape index (κ1) is 24.0. The molecular weight excluding hydrogens is 446 g/mol. The maximum Gasteiger partial charge on any atom is 0.418 e. The predicted octanol–water partition coefficient (Wildman–Crippen LogP) is 6.32. The van der Waals surface area contributed by atoms with Crippen molar-refractivity contribution in [3.63, 3.8) is 0 Å². The van der Waals surface area contributed by atoms with Crippen LogP contribution in [0.5, 0.6) is 0 Å². The summed E-state index contributed by atoms with van der Waals surface area (Å²) in [4.78, 5) is 16.6. The number of alkyl halides is 6. The smallest absolute Gasteiger partial charge is 0.299 e. The Labute approximate surface area is 185 Å². The van der Waals surface area contributed by atoms with Gasteiger partial charge in [0.05, 0.1) is 28.5 Å². The first-order valence-electron chi connectivity index (χ1n) is 9.69. The van der Waals surface area contributed by atoms with Gasteiger partial charge >= 0.3 is 12.4 Å². The molecular formula is C24H16F6N2O. The zero-order valence-electron chi connectivity index (χ0n) is 16.9. The first-order chi connectivity index (χ1) is 15.5. The van der Waals surface area contributed by atoms with Gasteiger partial charge in [0.1, 0.15) is 5.78 Å². The van der Waals surface area contributed by atoms with E-state index in [1.54, 1.807) is 12.1 Å². The number of carbonyl (C=O) groups is 1. The highest BCUT2D eigenvalue weighted by Crippen LogP contribution is 2.39. The van der Waals surface area contributed by atoms with Gasteiger partial charge in [-0.3, -0.25) is 9.78 Å². The molecule has 2 aromatic carbocycles. The molecule has 1 aromatic heterocycles. The topological polar surface area (TPSA) is 53.8 Å². The summed E-state index contributed by atoms with van der Waals surface area (Å²) >= 11 is 0. The molecule has 0 spiro atoms. The molecule has 3 aromatic rings. The van der Waals surface area contributed by atoms with Gasteiger partial charge in [-0.15, -0.1) is 0 Å². The largest absolute Gasteiger partial charge is 0.418 e. The average molecular weight is 462 g/mol. The molecule has 3 nitrogen and oxygen atoms in total. The third-order valence-electron chi connectivity index (χ3n) is 5.03. The lowest BCUT2D eigenvalue weighted by atomic mass is 9.86. The zero-order valence-corrected chi connectivity index (χ0v) is 16.9.